The third-order valence-corrected chi connectivity index (χ3v) is 3.80. The molecule has 1 fully saturated rings. The molecule has 0 aromatic carbocycles. The van der Waals surface area contributed by atoms with E-state index in [1.165, 1.54) is 0 Å². The van der Waals surface area contributed by atoms with Gasteiger partial charge in [0.05, 0.1) is 18.9 Å². The van der Waals surface area contributed by atoms with E-state index in [9.17, 15) is 0 Å². The molecule has 0 amide bonds. The molecule has 98 valence electrons. The fourth-order valence-electron chi connectivity index (χ4n) is 2.60. The molecule has 5 nitrogen and oxygen atoms in total. The molecule has 2 aliphatic rings. The van der Waals surface area contributed by atoms with Gasteiger partial charge in [0.25, 0.3) is 0 Å². The third-order valence-electron chi connectivity index (χ3n) is 3.80. The van der Waals surface area contributed by atoms with E-state index in [0.717, 1.165) is 49.4 Å². The molecular weight excluding hydrogens is 230 g/mol. The van der Waals surface area contributed by atoms with E-state index in [1.54, 1.807) is 0 Å². The molecule has 18 heavy (non-hydrogen) atoms. The average Bonchev–Trinajstić information content (AvgIpc) is 2.39. The summed E-state index contributed by atoms with van der Waals surface area (Å²) in [5.41, 5.74) is 7.62. The van der Waals surface area contributed by atoms with E-state index in [4.69, 9.17) is 15.2 Å². The molecule has 3 rings (SSSR count). The third kappa shape index (κ3) is 1.97. The number of fused-ring (bicyclic) bond motifs is 1. The highest BCUT2D eigenvalue weighted by Gasteiger charge is 2.34. The van der Waals surface area contributed by atoms with Crippen molar-refractivity contribution in [3.8, 4) is 0 Å². The largest absolute Gasteiger partial charge is 0.383 e. The fraction of sp³-hybridized carbons (Fsp3) is 0.692. The number of rotatable bonds is 1. The molecule has 5 heteroatoms. The maximum Gasteiger partial charge on any atom is 0.162 e. The van der Waals surface area contributed by atoms with Crippen molar-refractivity contribution in [1.82, 2.24) is 9.97 Å². The Morgan fingerprint density at radius 3 is 2.89 bits per heavy atom. The van der Waals surface area contributed by atoms with Crippen LogP contribution in [0, 0.1) is 0 Å². The van der Waals surface area contributed by atoms with Crippen LogP contribution in [0.5, 0.6) is 0 Å². The minimum Gasteiger partial charge on any atom is -0.383 e. The number of aromatic nitrogens is 2. The number of anilines is 1. The Hall–Kier alpha value is -1.20. The van der Waals surface area contributed by atoms with E-state index in [2.05, 4.69) is 16.9 Å². The fourth-order valence-corrected chi connectivity index (χ4v) is 2.60. The molecule has 0 aliphatic carbocycles. The quantitative estimate of drug-likeness (QED) is 0.817. The van der Waals surface area contributed by atoms with E-state index in [-0.39, 0.29) is 5.60 Å². The maximum absolute atomic E-state index is 6.02. The SMILES string of the molecule is CC1(c2nc(N)c3c(n2)CCOC3)CCCCO1. The van der Waals surface area contributed by atoms with Crippen molar-refractivity contribution in [1.29, 1.82) is 0 Å². The highest BCUT2D eigenvalue weighted by Crippen LogP contribution is 2.34. The second-order valence-electron chi connectivity index (χ2n) is 5.20. The van der Waals surface area contributed by atoms with Crippen LogP contribution in [0.1, 0.15) is 43.3 Å². The van der Waals surface area contributed by atoms with Crippen LogP contribution in [-0.2, 0) is 28.1 Å². The Labute approximate surface area is 107 Å². The highest BCUT2D eigenvalue weighted by molar-refractivity contribution is 5.43. The van der Waals surface area contributed by atoms with Crippen LogP contribution in [0.3, 0.4) is 0 Å². The monoisotopic (exact) mass is 249 g/mol. The minimum absolute atomic E-state index is 0.375. The molecule has 1 aromatic rings. The molecule has 2 N–H and O–H groups in total. The van der Waals surface area contributed by atoms with Gasteiger partial charge in [0.15, 0.2) is 5.82 Å². The lowest BCUT2D eigenvalue weighted by atomic mass is 9.94. The summed E-state index contributed by atoms with van der Waals surface area (Å²) in [5, 5.41) is 0. The van der Waals surface area contributed by atoms with Gasteiger partial charge in [-0.2, -0.15) is 0 Å². The van der Waals surface area contributed by atoms with Crippen LogP contribution < -0.4 is 5.73 Å². The second-order valence-corrected chi connectivity index (χ2v) is 5.20. The molecule has 3 heterocycles. The molecule has 0 spiro atoms. The summed E-state index contributed by atoms with van der Waals surface area (Å²) in [5.74, 6) is 1.28. The standard InChI is InChI=1S/C13H19N3O2/c1-13(5-2-3-6-18-13)12-15-10-4-7-17-8-9(10)11(14)16-12/h2-8H2,1H3,(H2,14,15,16). The summed E-state index contributed by atoms with van der Waals surface area (Å²) >= 11 is 0. The van der Waals surface area contributed by atoms with Crippen molar-refractivity contribution in [2.75, 3.05) is 18.9 Å². The van der Waals surface area contributed by atoms with Gasteiger partial charge >= 0.3 is 0 Å². The van der Waals surface area contributed by atoms with Gasteiger partial charge in [-0.3, -0.25) is 0 Å². The Kier molecular flexibility index (Phi) is 2.95. The van der Waals surface area contributed by atoms with Crippen LogP contribution in [0.25, 0.3) is 0 Å². The number of nitrogens with zero attached hydrogens (tertiary/aromatic N) is 2. The van der Waals surface area contributed by atoms with Crippen LogP contribution in [-0.4, -0.2) is 23.2 Å². The molecular formula is C13H19N3O2. The predicted octanol–water partition coefficient (Wildman–Crippen LogP) is 1.55. The van der Waals surface area contributed by atoms with E-state index in [1.807, 2.05) is 0 Å². The maximum atomic E-state index is 6.02. The van der Waals surface area contributed by atoms with Crippen molar-refractivity contribution in [2.24, 2.45) is 0 Å². The molecule has 2 aliphatic heterocycles. The molecule has 0 bridgehead atoms. The lowest BCUT2D eigenvalue weighted by molar-refractivity contribution is -0.0762. The Bertz CT molecular complexity index is 456. The first-order chi connectivity index (χ1) is 8.69. The van der Waals surface area contributed by atoms with Crippen molar-refractivity contribution >= 4 is 5.82 Å². The summed E-state index contributed by atoms with van der Waals surface area (Å²) in [6.07, 6.45) is 4.04. The number of nitrogen functional groups attached to an aromatic ring is 1. The summed E-state index contributed by atoms with van der Waals surface area (Å²) < 4.78 is 11.3. The molecule has 0 radical (unpaired) electrons. The van der Waals surface area contributed by atoms with E-state index < -0.39 is 0 Å². The van der Waals surface area contributed by atoms with Crippen LogP contribution in [0.2, 0.25) is 0 Å². The summed E-state index contributed by atoms with van der Waals surface area (Å²) in [4.78, 5) is 9.12. The molecule has 0 saturated carbocycles. The lowest BCUT2D eigenvalue weighted by Crippen LogP contribution is -2.33. The molecule has 1 atom stereocenters. The first-order valence-corrected chi connectivity index (χ1v) is 6.56. The van der Waals surface area contributed by atoms with Crippen LogP contribution in [0.15, 0.2) is 0 Å². The van der Waals surface area contributed by atoms with Crippen LogP contribution in [0.4, 0.5) is 5.82 Å². The molecule has 1 saturated heterocycles. The number of ether oxygens (including phenoxy) is 2. The topological polar surface area (TPSA) is 70.3 Å². The van der Waals surface area contributed by atoms with E-state index >= 15 is 0 Å². The zero-order valence-electron chi connectivity index (χ0n) is 10.7. The molecule has 1 unspecified atom stereocenters. The van der Waals surface area contributed by atoms with Gasteiger partial charge in [-0.05, 0) is 26.2 Å². The van der Waals surface area contributed by atoms with Crippen molar-refractivity contribution in [2.45, 2.75) is 44.8 Å². The van der Waals surface area contributed by atoms with Gasteiger partial charge in [-0.15, -0.1) is 0 Å². The van der Waals surface area contributed by atoms with Crippen molar-refractivity contribution < 1.29 is 9.47 Å². The van der Waals surface area contributed by atoms with Gasteiger partial charge in [-0.1, -0.05) is 0 Å². The highest BCUT2D eigenvalue weighted by atomic mass is 16.5. The zero-order chi connectivity index (χ0) is 12.6. The van der Waals surface area contributed by atoms with Crippen LogP contribution >= 0.6 is 0 Å². The Morgan fingerprint density at radius 1 is 1.22 bits per heavy atom. The number of nitrogens with two attached hydrogens (primary N) is 1. The van der Waals surface area contributed by atoms with Gasteiger partial charge in [-0.25, -0.2) is 9.97 Å². The van der Waals surface area contributed by atoms with Crippen molar-refractivity contribution in [3.05, 3.63) is 17.1 Å². The predicted molar refractivity (Wildman–Crippen MR) is 67.0 cm³/mol. The summed E-state index contributed by atoms with van der Waals surface area (Å²) in [7, 11) is 0. The molecule has 1 aromatic heterocycles. The first-order valence-electron chi connectivity index (χ1n) is 6.56. The average molecular weight is 249 g/mol. The van der Waals surface area contributed by atoms with Crippen molar-refractivity contribution in [3.63, 3.8) is 0 Å². The minimum atomic E-state index is -0.375. The van der Waals surface area contributed by atoms with Gasteiger partial charge < -0.3 is 15.2 Å². The lowest BCUT2D eigenvalue weighted by Gasteiger charge is -2.33. The smallest absolute Gasteiger partial charge is 0.162 e. The van der Waals surface area contributed by atoms with E-state index in [0.29, 0.717) is 19.0 Å². The zero-order valence-corrected chi connectivity index (χ0v) is 10.7. The summed E-state index contributed by atoms with van der Waals surface area (Å²) in [6, 6.07) is 0. The number of hydrogen-bond donors (Lipinski definition) is 1. The van der Waals surface area contributed by atoms with Gasteiger partial charge in [0, 0.05) is 18.6 Å². The first kappa shape index (κ1) is 11.9. The van der Waals surface area contributed by atoms with Gasteiger partial charge in [0.1, 0.15) is 11.4 Å². The van der Waals surface area contributed by atoms with Gasteiger partial charge in [0.2, 0.25) is 0 Å². The Morgan fingerprint density at radius 2 is 2.11 bits per heavy atom. The second kappa shape index (κ2) is 4.48. The summed E-state index contributed by atoms with van der Waals surface area (Å²) in [6.45, 7) is 4.08. The normalized spacial score (nSPS) is 27.8. The number of hydrogen-bond acceptors (Lipinski definition) is 5. The Balaban J connectivity index is 1.99.